The maximum Gasteiger partial charge on any atom is 0.0980 e. The van der Waals surface area contributed by atoms with Gasteiger partial charge < -0.3 is 15.0 Å². The molecule has 1 aliphatic rings. The number of benzene rings is 1. The van der Waals surface area contributed by atoms with Gasteiger partial charge in [0.2, 0.25) is 0 Å². The molecule has 1 unspecified atom stereocenters. The number of anilines is 1. The third-order valence-corrected chi connectivity index (χ3v) is 3.45. The van der Waals surface area contributed by atoms with Crippen LogP contribution >= 0.6 is 15.9 Å². The van der Waals surface area contributed by atoms with Crippen LogP contribution in [0.25, 0.3) is 0 Å². The van der Waals surface area contributed by atoms with Crippen molar-refractivity contribution in [2.75, 3.05) is 38.7 Å². The molecule has 1 atom stereocenters. The molecule has 1 N–H and O–H groups in total. The van der Waals surface area contributed by atoms with Crippen molar-refractivity contribution in [2.24, 2.45) is 0 Å². The summed E-state index contributed by atoms with van der Waals surface area (Å²) in [5.74, 6) is 0. The van der Waals surface area contributed by atoms with Gasteiger partial charge in [-0.1, -0.05) is 22.0 Å². The molecule has 1 fully saturated rings. The van der Waals surface area contributed by atoms with E-state index in [0.717, 1.165) is 24.2 Å². The van der Waals surface area contributed by atoms with E-state index in [-0.39, 0.29) is 6.10 Å². The molecule has 1 aromatic carbocycles. The Labute approximate surface area is 105 Å². The summed E-state index contributed by atoms with van der Waals surface area (Å²) in [6.07, 6.45) is 0.140. The minimum absolute atomic E-state index is 0.140. The Morgan fingerprint density at radius 3 is 2.88 bits per heavy atom. The number of nitrogens with zero attached hydrogens (tertiary/aromatic N) is 1. The average molecular weight is 285 g/mol. The molecule has 1 heterocycles. The van der Waals surface area contributed by atoms with Crippen molar-refractivity contribution >= 4 is 21.6 Å². The van der Waals surface area contributed by atoms with Gasteiger partial charge in [-0.25, -0.2) is 0 Å². The fraction of sp³-hybridized carbons (Fsp3) is 0.500. The number of nitrogens with one attached hydrogen (secondary N) is 1. The summed E-state index contributed by atoms with van der Waals surface area (Å²) in [6, 6.07) is 6.25. The summed E-state index contributed by atoms with van der Waals surface area (Å²) in [4.78, 5) is 2.12. The molecule has 2 rings (SSSR count). The Morgan fingerprint density at radius 2 is 2.25 bits per heavy atom. The van der Waals surface area contributed by atoms with Crippen molar-refractivity contribution in [2.45, 2.75) is 6.10 Å². The number of morpholine rings is 1. The van der Waals surface area contributed by atoms with E-state index >= 15 is 0 Å². The van der Waals surface area contributed by atoms with Crippen LogP contribution in [0.4, 0.5) is 5.69 Å². The van der Waals surface area contributed by atoms with Crippen molar-refractivity contribution in [3.05, 3.63) is 28.2 Å². The second-order valence-electron chi connectivity index (χ2n) is 4.13. The number of hydrogen-bond donors (Lipinski definition) is 1. The van der Waals surface area contributed by atoms with E-state index in [2.05, 4.69) is 58.4 Å². The normalized spacial score (nSPS) is 20.8. The Bertz CT molecular complexity index is 362. The smallest absolute Gasteiger partial charge is 0.0980 e. The molecular weight excluding hydrogens is 268 g/mol. The second-order valence-corrected chi connectivity index (χ2v) is 4.98. The van der Waals surface area contributed by atoms with Gasteiger partial charge in [0.25, 0.3) is 0 Å². The summed E-state index contributed by atoms with van der Waals surface area (Å²) in [5.41, 5.74) is 2.45. The zero-order chi connectivity index (χ0) is 11.5. The lowest BCUT2D eigenvalue weighted by Gasteiger charge is -2.28. The van der Waals surface area contributed by atoms with Gasteiger partial charge in [0, 0.05) is 42.9 Å². The van der Waals surface area contributed by atoms with E-state index in [1.165, 1.54) is 11.3 Å². The second kappa shape index (κ2) is 5.17. The molecular formula is C12H17BrN2O. The Hall–Kier alpha value is -0.580. The molecule has 3 nitrogen and oxygen atoms in total. The lowest BCUT2D eigenvalue weighted by Crippen LogP contribution is -2.34. The topological polar surface area (TPSA) is 24.5 Å². The van der Waals surface area contributed by atoms with Gasteiger partial charge >= 0.3 is 0 Å². The molecule has 0 aliphatic carbocycles. The van der Waals surface area contributed by atoms with Crippen LogP contribution in [0.5, 0.6) is 0 Å². The maximum absolute atomic E-state index is 5.82. The van der Waals surface area contributed by atoms with Gasteiger partial charge in [-0.2, -0.15) is 0 Å². The van der Waals surface area contributed by atoms with Crippen molar-refractivity contribution in [3.63, 3.8) is 0 Å². The lowest BCUT2D eigenvalue weighted by molar-refractivity contribution is 0.0276. The molecule has 1 aromatic rings. The zero-order valence-corrected chi connectivity index (χ0v) is 11.3. The van der Waals surface area contributed by atoms with Crippen molar-refractivity contribution < 1.29 is 4.74 Å². The predicted octanol–water partition coefficient (Wildman–Crippen LogP) is 2.18. The lowest BCUT2D eigenvalue weighted by atomic mass is 10.1. The van der Waals surface area contributed by atoms with Gasteiger partial charge in [-0.15, -0.1) is 0 Å². The molecule has 0 spiro atoms. The van der Waals surface area contributed by atoms with Crippen LogP contribution < -0.4 is 10.2 Å². The van der Waals surface area contributed by atoms with E-state index in [1.807, 2.05) is 0 Å². The first-order valence-electron chi connectivity index (χ1n) is 5.48. The molecule has 1 saturated heterocycles. The van der Waals surface area contributed by atoms with Gasteiger partial charge in [0.1, 0.15) is 0 Å². The third-order valence-electron chi connectivity index (χ3n) is 2.76. The monoisotopic (exact) mass is 284 g/mol. The van der Waals surface area contributed by atoms with E-state index < -0.39 is 0 Å². The molecule has 0 bridgehead atoms. The largest absolute Gasteiger partial charge is 0.377 e. The fourth-order valence-electron chi connectivity index (χ4n) is 1.99. The van der Waals surface area contributed by atoms with Gasteiger partial charge in [-0.05, 0) is 12.1 Å². The minimum Gasteiger partial charge on any atom is -0.377 e. The highest BCUT2D eigenvalue weighted by molar-refractivity contribution is 9.10. The SMILES string of the molecule is CN(C)c1cccc(Br)c1C1CNCCO1. The Balaban J connectivity index is 2.36. The molecule has 4 heteroatoms. The van der Waals surface area contributed by atoms with E-state index in [0.29, 0.717) is 0 Å². The van der Waals surface area contributed by atoms with E-state index in [1.54, 1.807) is 0 Å². The van der Waals surface area contributed by atoms with Crippen LogP contribution in [0.3, 0.4) is 0 Å². The molecule has 88 valence electrons. The van der Waals surface area contributed by atoms with Crippen LogP contribution in [0.2, 0.25) is 0 Å². The van der Waals surface area contributed by atoms with Crippen molar-refractivity contribution in [1.29, 1.82) is 0 Å². The van der Waals surface area contributed by atoms with Crippen LogP contribution in [-0.2, 0) is 4.74 Å². The first kappa shape index (κ1) is 11.9. The first-order chi connectivity index (χ1) is 7.70. The first-order valence-corrected chi connectivity index (χ1v) is 6.27. The number of rotatable bonds is 2. The van der Waals surface area contributed by atoms with Gasteiger partial charge in [0.15, 0.2) is 0 Å². The molecule has 0 aromatic heterocycles. The predicted molar refractivity (Wildman–Crippen MR) is 70.0 cm³/mol. The van der Waals surface area contributed by atoms with Crippen molar-refractivity contribution in [3.8, 4) is 0 Å². The molecule has 16 heavy (non-hydrogen) atoms. The van der Waals surface area contributed by atoms with E-state index in [4.69, 9.17) is 4.74 Å². The summed E-state index contributed by atoms with van der Waals surface area (Å²) < 4.78 is 6.93. The standard InChI is InChI=1S/C12H17BrN2O/c1-15(2)10-5-3-4-9(13)12(10)11-8-14-6-7-16-11/h3-5,11,14H,6-8H2,1-2H3. The fourth-order valence-corrected chi connectivity index (χ4v) is 2.60. The van der Waals surface area contributed by atoms with E-state index in [9.17, 15) is 0 Å². The number of ether oxygens (including phenoxy) is 1. The molecule has 1 aliphatic heterocycles. The van der Waals surface area contributed by atoms with Crippen LogP contribution in [0.15, 0.2) is 22.7 Å². The van der Waals surface area contributed by atoms with Crippen LogP contribution in [0.1, 0.15) is 11.7 Å². The highest BCUT2D eigenvalue weighted by Crippen LogP contribution is 2.34. The maximum atomic E-state index is 5.82. The summed E-state index contributed by atoms with van der Waals surface area (Å²) in [7, 11) is 4.11. The minimum atomic E-state index is 0.140. The summed E-state index contributed by atoms with van der Waals surface area (Å²) >= 11 is 3.62. The van der Waals surface area contributed by atoms with Crippen LogP contribution in [0, 0.1) is 0 Å². The molecule has 0 amide bonds. The van der Waals surface area contributed by atoms with Crippen molar-refractivity contribution in [1.82, 2.24) is 5.32 Å². The highest BCUT2D eigenvalue weighted by atomic mass is 79.9. The summed E-state index contributed by atoms with van der Waals surface area (Å²) in [5, 5.41) is 3.36. The number of halogens is 1. The van der Waals surface area contributed by atoms with Gasteiger partial charge in [-0.3, -0.25) is 0 Å². The third kappa shape index (κ3) is 2.39. The van der Waals surface area contributed by atoms with Crippen LogP contribution in [-0.4, -0.2) is 33.8 Å². The number of hydrogen-bond acceptors (Lipinski definition) is 3. The summed E-state index contributed by atoms with van der Waals surface area (Å²) in [6.45, 7) is 2.60. The molecule has 0 saturated carbocycles. The Kier molecular flexibility index (Phi) is 3.84. The zero-order valence-electron chi connectivity index (χ0n) is 9.66. The highest BCUT2D eigenvalue weighted by Gasteiger charge is 2.21. The average Bonchev–Trinajstić information content (AvgIpc) is 2.29. The Morgan fingerprint density at radius 1 is 1.44 bits per heavy atom. The quantitative estimate of drug-likeness (QED) is 0.901. The molecule has 0 radical (unpaired) electrons. The van der Waals surface area contributed by atoms with Gasteiger partial charge in [0.05, 0.1) is 12.7 Å².